The highest BCUT2D eigenvalue weighted by molar-refractivity contribution is 5.70. The Hall–Kier alpha value is -2.28. The van der Waals surface area contributed by atoms with Crippen LogP contribution < -0.4 is 0 Å². The van der Waals surface area contributed by atoms with Crippen LogP contribution in [0.1, 0.15) is 168 Å². The van der Waals surface area contributed by atoms with Crippen LogP contribution in [0.15, 0.2) is 36.5 Å². The van der Waals surface area contributed by atoms with Gasteiger partial charge in [-0.15, -0.1) is 0 Å². The van der Waals surface area contributed by atoms with Crippen molar-refractivity contribution < 1.29 is 73.8 Å². The first-order valence-corrected chi connectivity index (χ1v) is 24.6. The third-order valence-corrected chi connectivity index (χ3v) is 11.6. The van der Waals surface area contributed by atoms with Crippen molar-refractivity contribution in [3.05, 3.63) is 36.5 Å². The summed E-state index contributed by atoms with van der Waals surface area (Å²) in [5.74, 6) is -0.990. The number of carbonyl (C=O) groups is 2. The second-order valence-corrected chi connectivity index (χ2v) is 17.3. The summed E-state index contributed by atoms with van der Waals surface area (Å²) in [6, 6.07) is 0. The van der Waals surface area contributed by atoms with Crippen LogP contribution >= 0.6 is 0 Å². The quantitative estimate of drug-likeness (QED) is 0.0211. The fourth-order valence-electron chi connectivity index (χ4n) is 7.47. The van der Waals surface area contributed by atoms with Crippen LogP contribution in [-0.4, -0.2) is 142 Å². The first-order chi connectivity index (χ1) is 31.0. The maximum Gasteiger partial charge on any atom is 0.306 e. The van der Waals surface area contributed by atoms with E-state index in [1.807, 2.05) is 6.08 Å². The van der Waals surface area contributed by atoms with Gasteiger partial charge in [-0.25, -0.2) is 0 Å². The van der Waals surface area contributed by atoms with Gasteiger partial charge in [-0.05, 0) is 57.8 Å². The average Bonchev–Trinajstić information content (AvgIpc) is 3.29. The fourth-order valence-corrected chi connectivity index (χ4v) is 7.47. The molecular formula is C49H86O15. The van der Waals surface area contributed by atoms with Crippen LogP contribution in [-0.2, 0) is 38.0 Å². The lowest BCUT2D eigenvalue weighted by Gasteiger charge is -2.42. The van der Waals surface area contributed by atoms with Gasteiger partial charge < -0.3 is 64.2 Å². The maximum absolute atomic E-state index is 12.9. The lowest BCUT2D eigenvalue weighted by atomic mass is 9.98. The zero-order chi connectivity index (χ0) is 46.8. The third-order valence-electron chi connectivity index (χ3n) is 11.6. The molecule has 15 nitrogen and oxygen atoms in total. The van der Waals surface area contributed by atoms with Crippen LogP contribution in [0.4, 0.5) is 0 Å². The molecule has 15 heteroatoms. The van der Waals surface area contributed by atoms with E-state index in [1.54, 1.807) is 0 Å². The van der Waals surface area contributed by atoms with Crippen molar-refractivity contribution in [1.82, 2.24) is 0 Å². The predicted octanol–water partition coefficient (Wildman–Crippen LogP) is 6.15. The Labute approximate surface area is 383 Å². The third kappa shape index (κ3) is 25.0. The number of esters is 2. The summed E-state index contributed by atoms with van der Waals surface area (Å²) >= 11 is 0. The van der Waals surface area contributed by atoms with E-state index in [4.69, 9.17) is 28.4 Å². The molecule has 0 amide bonds. The lowest BCUT2D eigenvalue weighted by molar-refractivity contribution is -0.332. The lowest BCUT2D eigenvalue weighted by Crippen LogP contribution is -2.61. The highest BCUT2D eigenvalue weighted by Crippen LogP contribution is 2.26. The van der Waals surface area contributed by atoms with Crippen molar-refractivity contribution in [1.29, 1.82) is 0 Å². The van der Waals surface area contributed by atoms with E-state index in [0.717, 1.165) is 51.4 Å². The molecule has 64 heavy (non-hydrogen) atoms. The van der Waals surface area contributed by atoms with E-state index >= 15 is 0 Å². The van der Waals surface area contributed by atoms with Gasteiger partial charge in [0.1, 0.15) is 55.4 Å². The van der Waals surface area contributed by atoms with Gasteiger partial charge in [-0.3, -0.25) is 9.59 Å². The van der Waals surface area contributed by atoms with E-state index in [-0.39, 0.29) is 19.4 Å². The molecule has 2 aliphatic heterocycles. The molecule has 11 atom stereocenters. The van der Waals surface area contributed by atoms with E-state index < -0.39 is 99.3 Å². The number of carbonyl (C=O) groups excluding carboxylic acids is 2. The molecule has 0 radical (unpaired) electrons. The van der Waals surface area contributed by atoms with Crippen molar-refractivity contribution in [2.75, 3.05) is 26.4 Å². The van der Waals surface area contributed by atoms with Crippen molar-refractivity contribution in [3.8, 4) is 0 Å². The van der Waals surface area contributed by atoms with Crippen LogP contribution in [0, 0.1) is 0 Å². The number of rotatable bonds is 37. The maximum atomic E-state index is 12.9. The highest BCUT2D eigenvalue weighted by atomic mass is 16.7. The van der Waals surface area contributed by atoms with E-state index in [2.05, 4.69) is 44.2 Å². The molecule has 0 saturated carbocycles. The number of hydrogen-bond acceptors (Lipinski definition) is 15. The molecule has 0 bridgehead atoms. The second kappa shape index (κ2) is 36.8. The van der Waals surface area contributed by atoms with Gasteiger partial charge in [0.25, 0.3) is 0 Å². The van der Waals surface area contributed by atoms with Crippen molar-refractivity contribution in [3.63, 3.8) is 0 Å². The SMILES string of the molecule is CCCC/C=C/CCCCCCCC(=O)O[C@@H](COC(=O)CCC/C=C/C/C=C/CCCCCCCCCCC)CO[C@@H]1O[C@H](CO[C@@H]2O[C@H](CO)[C@H](O)C(O)C2O)[C@H](O)C(O)C1O. The van der Waals surface area contributed by atoms with Crippen LogP contribution in [0.25, 0.3) is 0 Å². The summed E-state index contributed by atoms with van der Waals surface area (Å²) < 4.78 is 33.4. The largest absolute Gasteiger partial charge is 0.462 e. The van der Waals surface area contributed by atoms with Crippen molar-refractivity contribution >= 4 is 11.9 Å². The Kier molecular flexibility index (Phi) is 33.3. The molecule has 2 aliphatic rings. The minimum atomic E-state index is -1.77. The topological polar surface area (TPSA) is 231 Å². The summed E-state index contributed by atoms with van der Waals surface area (Å²) in [6.07, 6.45) is 20.5. The van der Waals surface area contributed by atoms with Gasteiger partial charge in [0, 0.05) is 12.8 Å². The van der Waals surface area contributed by atoms with Crippen LogP contribution in [0.3, 0.4) is 0 Å². The van der Waals surface area contributed by atoms with E-state index in [1.165, 1.54) is 70.6 Å². The van der Waals surface area contributed by atoms with E-state index in [9.17, 15) is 45.3 Å². The first-order valence-electron chi connectivity index (χ1n) is 24.6. The minimum Gasteiger partial charge on any atom is -0.462 e. The molecular weight excluding hydrogens is 829 g/mol. The zero-order valence-electron chi connectivity index (χ0n) is 39.0. The molecule has 2 rings (SSSR count). The van der Waals surface area contributed by atoms with Crippen LogP contribution in [0.5, 0.6) is 0 Å². The zero-order valence-corrected chi connectivity index (χ0v) is 39.0. The van der Waals surface area contributed by atoms with Gasteiger partial charge >= 0.3 is 11.9 Å². The Bertz CT molecular complexity index is 1260. The average molecular weight is 915 g/mol. The van der Waals surface area contributed by atoms with Gasteiger partial charge in [0.2, 0.25) is 0 Å². The molecule has 2 fully saturated rings. The molecule has 0 spiro atoms. The molecule has 0 aromatic rings. The monoisotopic (exact) mass is 915 g/mol. The number of aliphatic hydroxyl groups excluding tert-OH is 7. The van der Waals surface area contributed by atoms with Gasteiger partial charge in [-0.1, -0.05) is 134 Å². The summed E-state index contributed by atoms with van der Waals surface area (Å²) in [7, 11) is 0. The van der Waals surface area contributed by atoms with Crippen molar-refractivity contribution in [2.24, 2.45) is 0 Å². The van der Waals surface area contributed by atoms with E-state index in [0.29, 0.717) is 19.3 Å². The molecule has 7 N–H and O–H groups in total. The predicted molar refractivity (Wildman–Crippen MR) is 243 cm³/mol. The fraction of sp³-hybridized carbons (Fsp3) is 0.837. The summed E-state index contributed by atoms with van der Waals surface area (Å²) in [4.78, 5) is 25.6. The Morgan fingerprint density at radius 2 is 0.969 bits per heavy atom. The first kappa shape index (κ1) is 57.8. The standard InChI is InChI=1S/C49H86O15/c1-3-5-7-9-11-13-15-16-17-18-19-20-22-23-25-27-29-31-40(51)59-34-37(62-41(52)32-30-28-26-24-21-14-12-10-8-6-4-2)35-60-48-47(58)45(56)43(54)39(64-48)36-61-49-46(57)44(55)42(53)38(33-50)63-49/h10,12,19-20,23,25,37-39,42-50,53-58H,3-9,11,13-18,21-22,24,26-36H2,1-2H3/b12-10+,20-19+,25-23+/t37-,38+,39+,42-,43-,44?,45?,46?,47?,48+,49+/m0/s1. The molecule has 2 heterocycles. The molecule has 0 aliphatic carbocycles. The number of ether oxygens (including phenoxy) is 6. The summed E-state index contributed by atoms with van der Waals surface area (Å²) in [5.41, 5.74) is 0. The highest BCUT2D eigenvalue weighted by Gasteiger charge is 2.47. The molecule has 4 unspecified atom stereocenters. The molecule has 372 valence electrons. The van der Waals surface area contributed by atoms with Gasteiger partial charge in [0.05, 0.1) is 19.8 Å². The number of allylic oxidation sites excluding steroid dienone is 6. The Morgan fingerprint density at radius 3 is 1.56 bits per heavy atom. The second-order valence-electron chi connectivity index (χ2n) is 17.3. The molecule has 0 aromatic heterocycles. The smallest absolute Gasteiger partial charge is 0.306 e. The summed E-state index contributed by atoms with van der Waals surface area (Å²) in [6.45, 7) is 2.48. The van der Waals surface area contributed by atoms with Crippen LogP contribution in [0.2, 0.25) is 0 Å². The Morgan fingerprint density at radius 1 is 0.500 bits per heavy atom. The number of aliphatic hydroxyl groups is 7. The Balaban J connectivity index is 1.84. The van der Waals surface area contributed by atoms with Crippen molar-refractivity contribution in [2.45, 2.75) is 235 Å². The number of unbranched alkanes of at least 4 members (excludes halogenated alkanes) is 17. The molecule has 0 aromatic carbocycles. The summed E-state index contributed by atoms with van der Waals surface area (Å²) in [5, 5.41) is 71.9. The molecule has 2 saturated heterocycles. The number of hydrogen-bond donors (Lipinski definition) is 7. The minimum absolute atomic E-state index is 0.146. The van der Waals surface area contributed by atoms with Gasteiger partial charge in [-0.2, -0.15) is 0 Å². The van der Waals surface area contributed by atoms with Gasteiger partial charge in [0.15, 0.2) is 18.7 Å². The normalized spacial score (nSPS) is 26.9.